The van der Waals surface area contributed by atoms with Crippen molar-refractivity contribution in [2.24, 2.45) is 7.05 Å². The lowest BCUT2D eigenvalue weighted by Crippen LogP contribution is -2.43. The maximum atomic E-state index is 12.8. The average Bonchev–Trinajstić information content (AvgIpc) is 3.36. The molecule has 1 unspecified atom stereocenters. The van der Waals surface area contributed by atoms with Crippen LogP contribution in [0, 0.1) is 0 Å². The van der Waals surface area contributed by atoms with Crippen molar-refractivity contribution in [3.63, 3.8) is 0 Å². The fourth-order valence-corrected chi connectivity index (χ4v) is 4.64. The highest BCUT2D eigenvalue weighted by Gasteiger charge is 2.33. The molecule has 0 saturated carbocycles. The van der Waals surface area contributed by atoms with Gasteiger partial charge in [-0.05, 0) is 25.3 Å². The molecular formula is C20H23N5O3S. The van der Waals surface area contributed by atoms with Gasteiger partial charge in [-0.15, -0.1) is 0 Å². The van der Waals surface area contributed by atoms with Crippen molar-refractivity contribution < 1.29 is 9.90 Å². The van der Waals surface area contributed by atoms with Gasteiger partial charge in [0.25, 0.3) is 5.56 Å². The van der Waals surface area contributed by atoms with E-state index in [1.807, 2.05) is 35.2 Å². The van der Waals surface area contributed by atoms with Crippen LogP contribution in [0.2, 0.25) is 0 Å². The van der Waals surface area contributed by atoms with Crippen molar-refractivity contribution in [3.8, 4) is 0 Å². The van der Waals surface area contributed by atoms with Crippen LogP contribution in [-0.4, -0.2) is 38.1 Å². The van der Waals surface area contributed by atoms with E-state index in [0.717, 1.165) is 18.4 Å². The smallest absolute Gasteiger partial charge is 0.280 e. The summed E-state index contributed by atoms with van der Waals surface area (Å²) in [7, 11) is 1.57. The second-order valence-electron chi connectivity index (χ2n) is 7.22. The molecule has 1 amide bonds. The molecule has 0 bridgehead atoms. The van der Waals surface area contributed by atoms with Crippen LogP contribution in [0.1, 0.15) is 37.3 Å². The normalized spacial score (nSPS) is 17.6. The van der Waals surface area contributed by atoms with Crippen LogP contribution in [0.4, 0.5) is 5.13 Å². The summed E-state index contributed by atoms with van der Waals surface area (Å²) in [4.78, 5) is 36.7. The molecular weight excluding hydrogens is 390 g/mol. The monoisotopic (exact) mass is 413 g/mol. The predicted molar refractivity (Wildman–Crippen MR) is 112 cm³/mol. The molecule has 1 aliphatic rings. The van der Waals surface area contributed by atoms with Crippen molar-refractivity contribution in [3.05, 3.63) is 52.1 Å². The largest absolute Gasteiger partial charge is 0.385 e. The Balaban J connectivity index is 1.58. The minimum Gasteiger partial charge on any atom is -0.385 e. The molecule has 2 atom stereocenters. The third-order valence-electron chi connectivity index (χ3n) is 5.15. The number of hydrogen-bond donors (Lipinski definition) is 2. The quantitative estimate of drug-likeness (QED) is 0.661. The number of carbonyl (C=O) groups is 1. The molecule has 0 spiro atoms. The molecule has 152 valence electrons. The number of benzene rings is 1. The maximum Gasteiger partial charge on any atom is 0.280 e. The van der Waals surface area contributed by atoms with E-state index in [-0.39, 0.29) is 23.0 Å². The molecule has 2 aromatic heterocycles. The third kappa shape index (κ3) is 3.75. The summed E-state index contributed by atoms with van der Waals surface area (Å²) < 4.78 is 1.32. The van der Waals surface area contributed by atoms with Crippen molar-refractivity contribution >= 4 is 32.7 Å². The number of hydrogen-bond acceptors (Lipinski definition) is 7. The van der Waals surface area contributed by atoms with E-state index < -0.39 is 6.10 Å². The fraction of sp³-hybridized carbons (Fsp3) is 0.400. The van der Waals surface area contributed by atoms with E-state index in [0.29, 0.717) is 28.9 Å². The van der Waals surface area contributed by atoms with Gasteiger partial charge in [-0.3, -0.25) is 14.2 Å². The van der Waals surface area contributed by atoms with Crippen LogP contribution in [0.25, 0.3) is 10.3 Å². The molecule has 1 fully saturated rings. The molecule has 1 saturated heterocycles. The molecule has 9 heteroatoms. The van der Waals surface area contributed by atoms with Gasteiger partial charge in [0.15, 0.2) is 15.5 Å². The van der Waals surface area contributed by atoms with Crippen LogP contribution in [0.5, 0.6) is 0 Å². The van der Waals surface area contributed by atoms with Crippen molar-refractivity contribution in [2.75, 3.05) is 11.4 Å². The molecule has 3 heterocycles. The van der Waals surface area contributed by atoms with E-state index in [9.17, 15) is 14.7 Å². The van der Waals surface area contributed by atoms with Crippen LogP contribution in [0.3, 0.4) is 0 Å². The second kappa shape index (κ2) is 7.92. The minimum absolute atomic E-state index is 0.0452. The number of amides is 1. The lowest BCUT2D eigenvalue weighted by molar-refractivity contribution is -0.122. The molecule has 4 rings (SSSR count). The molecule has 0 aliphatic carbocycles. The lowest BCUT2D eigenvalue weighted by atomic mass is 10.2. The van der Waals surface area contributed by atoms with Crippen molar-refractivity contribution in [1.29, 1.82) is 0 Å². The minimum atomic E-state index is -0.856. The van der Waals surface area contributed by atoms with Crippen LogP contribution >= 0.6 is 11.3 Å². The van der Waals surface area contributed by atoms with E-state index in [4.69, 9.17) is 0 Å². The first kappa shape index (κ1) is 19.5. The zero-order chi connectivity index (χ0) is 20.5. The number of aliphatic hydroxyl groups is 1. The molecule has 1 aliphatic heterocycles. The Labute approximate surface area is 171 Å². The van der Waals surface area contributed by atoms with E-state index in [1.54, 1.807) is 14.0 Å². The molecule has 1 aromatic carbocycles. The van der Waals surface area contributed by atoms with E-state index >= 15 is 0 Å². The predicted octanol–water partition coefficient (Wildman–Crippen LogP) is 1.73. The van der Waals surface area contributed by atoms with E-state index in [2.05, 4.69) is 15.3 Å². The summed E-state index contributed by atoms with van der Waals surface area (Å²) in [5.74, 6) is 0.257. The average molecular weight is 414 g/mol. The Bertz CT molecular complexity index is 1090. The first-order chi connectivity index (χ1) is 14.0. The lowest BCUT2D eigenvalue weighted by Gasteiger charge is -2.23. The summed E-state index contributed by atoms with van der Waals surface area (Å²) in [6.45, 7) is 2.75. The summed E-state index contributed by atoms with van der Waals surface area (Å²) in [6, 6.07) is 9.46. The Hall–Kier alpha value is -2.78. The number of aromatic nitrogens is 3. The molecule has 2 N–H and O–H groups in total. The number of thiazole rings is 1. The summed E-state index contributed by atoms with van der Waals surface area (Å²) in [6.07, 6.45) is 0.760. The van der Waals surface area contributed by atoms with Gasteiger partial charge in [-0.2, -0.15) is 0 Å². The summed E-state index contributed by atoms with van der Waals surface area (Å²) >= 11 is 1.28. The van der Waals surface area contributed by atoms with Gasteiger partial charge in [-0.1, -0.05) is 41.7 Å². The van der Waals surface area contributed by atoms with Gasteiger partial charge in [0.2, 0.25) is 5.91 Å². The van der Waals surface area contributed by atoms with E-state index in [1.165, 1.54) is 15.9 Å². The Morgan fingerprint density at radius 3 is 2.83 bits per heavy atom. The van der Waals surface area contributed by atoms with Crippen molar-refractivity contribution in [2.45, 2.75) is 38.5 Å². The van der Waals surface area contributed by atoms with Gasteiger partial charge in [-0.25, -0.2) is 9.97 Å². The second-order valence-corrected chi connectivity index (χ2v) is 8.17. The standard InChI is InChI=1S/C20H23N5O3S/c1-12(26)16-23-18-15(19(28)24(16)2)22-20(29-18)25-10-6-9-14(25)17(27)21-11-13-7-4-3-5-8-13/h3-5,7-8,12,14,26H,6,9-11H2,1-2H3,(H,21,27)/t12?,14-/m1/s1. The van der Waals surface area contributed by atoms with Gasteiger partial charge in [0, 0.05) is 20.1 Å². The summed E-state index contributed by atoms with van der Waals surface area (Å²) in [5.41, 5.74) is 1.02. The highest BCUT2D eigenvalue weighted by molar-refractivity contribution is 7.21. The molecule has 8 nitrogen and oxygen atoms in total. The first-order valence-electron chi connectivity index (χ1n) is 9.59. The van der Waals surface area contributed by atoms with Crippen LogP contribution in [-0.2, 0) is 18.4 Å². The van der Waals surface area contributed by atoms with Crippen LogP contribution < -0.4 is 15.8 Å². The summed E-state index contributed by atoms with van der Waals surface area (Å²) in [5, 5.41) is 13.5. The first-order valence-corrected chi connectivity index (χ1v) is 10.4. The zero-order valence-corrected chi connectivity index (χ0v) is 17.1. The number of nitrogens with zero attached hydrogens (tertiary/aromatic N) is 4. The van der Waals surface area contributed by atoms with Crippen LogP contribution in [0.15, 0.2) is 35.1 Å². The Kier molecular flexibility index (Phi) is 5.33. The fourth-order valence-electron chi connectivity index (χ4n) is 3.63. The molecule has 29 heavy (non-hydrogen) atoms. The van der Waals surface area contributed by atoms with Gasteiger partial charge in [0.1, 0.15) is 18.0 Å². The Morgan fingerprint density at radius 2 is 2.10 bits per heavy atom. The van der Waals surface area contributed by atoms with Gasteiger partial charge < -0.3 is 15.3 Å². The maximum absolute atomic E-state index is 12.8. The highest BCUT2D eigenvalue weighted by atomic mass is 32.1. The number of nitrogens with one attached hydrogen (secondary N) is 1. The number of carbonyl (C=O) groups excluding carboxylic acids is 1. The number of fused-ring (bicyclic) bond motifs is 1. The zero-order valence-electron chi connectivity index (χ0n) is 16.3. The SMILES string of the molecule is CC(O)c1nc2sc(N3CCC[C@@H]3C(=O)NCc3ccccc3)nc2c(=O)n1C. The van der Waals surface area contributed by atoms with Gasteiger partial charge in [0.05, 0.1) is 0 Å². The number of anilines is 1. The Morgan fingerprint density at radius 1 is 1.34 bits per heavy atom. The molecule has 3 aromatic rings. The number of rotatable bonds is 5. The highest BCUT2D eigenvalue weighted by Crippen LogP contribution is 2.32. The van der Waals surface area contributed by atoms with Gasteiger partial charge >= 0.3 is 0 Å². The molecule has 0 radical (unpaired) electrons. The number of aliphatic hydroxyl groups excluding tert-OH is 1. The third-order valence-corrected chi connectivity index (χ3v) is 6.14. The van der Waals surface area contributed by atoms with Crippen molar-refractivity contribution in [1.82, 2.24) is 19.9 Å². The topological polar surface area (TPSA) is 100 Å².